The Balaban J connectivity index is 2.29. The highest BCUT2D eigenvalue weighted by Crippen LogP contribution is 2.32. The molecular formula is C13H18N2O3. The molecule has 1 aromatic carbocycles. The number of carbonyl (C=O) groups excluding carboxylic acids is 1. The number of benzene rings is 1. The molecule has 1 fully saturated rings. The number of primary amides is 1. The summed E-state index contributed by atoms with van der Waals surface area (Å²) >= 11 is 0. The maximum atomic E-state index is 11.3. The van der Waals surface area contributed by atoms with E-state index >= 15 is 0 Å². The normalized spacial score (nSPS) is 21.0. The fourth-order valence-electron chi connectivity index (χ4n) is 2.44. The highest BCUT2D eigenvalue weighted by Gasteiger charge is 2.29. The van der Waals surface area contributed by atoms with E-state index in [-0.39, 0.29) is 17.7 Å². The van der Waals surface area contributed by atoms with Gasteiger partial charge < -0.3 is 20.8 Å². The molecule has 2 unspecified atom stereocenters. The summed E-state index contributed by atoms with van der Waals surface area (Å²) in [6, 6.07) is 4.74. The Labute approximate surface area is 106 Å². The Bertz CT molecular complexity index is 460. The van der Waals surface area contributed by atoms with Crippen LogP contribution >= 0.6 is 0 Å². The van der Waals surface area contributed by atoms with Crippen LogP contribution in [0, 0.1) is 0 Å². The van der Waals surface area contributed by atoms with Crippen molar-refractivity contribution in [1.29, 1.82) is 0 Å². The molecule has 98 valence electrons. The molecule has 2 rings (SSSR count). The molecule has 0 bridgehead atoms. The lowest BCUT2D eigenvalue weighted by Gasteiger charge is -2.25. The number of nitrogens with two attached hydrogens (primary N) is 1. The van der Waals surface area contributed by atoms with Gasteiger partial charge in [0.05, 0.1) is 6.10 Å². The monoisotopic (exact) mass is 250 g/mol. The van der Waals surface area contributed by atoms with Crippen molar-refractivity contribution in [3.05, 3.63) is 23.8 Å². The number of phenolic OH excluding ortho intramolecular Hbond substituents is 1. The number of amides is 1. The lowest BCUT2D eigenvalue weighted by atomic mass is 10.1. The molecule has 0 radical (unpaired) electrons. The van der Waals surface area contributed by atoms with E-state index in [1.54, 1.807) is 25.1 Å². The van der Waals surface area contributed by atoms with Crippen LogP contribution in [0.3, 0.4) is 0 Å². The summed E-state index contributed by atoms with van der Waals surface area (Å²) in [5.41, 5.74) is 6.60. The fourth-order valence-corrected chi connectivity index (χ4v) is 2.44. The standard InChI is InChI=1S/C13H18N2O3/c1-8(16)10-5-4-9(7-12(10)17)15-6-2-3-11(15)13(14)18/h4-5,7-8,11,16-17H,2-3,6H2,1H3,(H2,14,18). The first-order valence-electron chi connectivity index (χ1n) is 6.07. The van der Waals surface area contributed by atoms with E-state index in [1.165, 1.54) is 0 Å². The summed E-state index contributed by atoms with van der Waals surface area (Å²) in [5, 5.41) is 19.3. The number of hydrogen-bond acceptors (Lipinski definition) is 4. The van der Waals surface area contributed by atoms with Gasteiger partial charge in [-0.05, 0) is 25.8 Å². The quantitative estimate of drug-likeness (QED) is 0.744. The smallest absolute Gasteiger partial charge is 0.240 e. The second kappa shape index (κ2) is 4.86. The molecule has 1 saturated heterocycles. The number of aromatic hydroxyl groups is 1. The van der Waals surface area contributed by atoms with Crippen molar-refractivity contribution in [3.8, 4) is 5.75 Å². The van der Waals surface area contributed by atoms with Gasteiger partial charge in [0.15, 0.2) is 0 Å². The minimum absolute atomic E-state index is 0.0395. The van der Waals surface area contributed by atoms with Gasteiger partial charge in [-0.1, -0.05) is 6.07 Å². The number of carbonyl (C=O) groups is 1. The zero-order chi connectivity index (χ0) is 13.3. The van der Waals surface area contributed by atoms with E-state index in [4.69, 9.17) is 5.73 Å². The van der Waals surface area contributed by atoms with E-state index in [9.17, 15) is 15.0 Å². The van der Waals surface area contributed by atoms with Crippen molar-refractivity contribution in [2.45, 2.75) is 31.9 Å². The SMILES string of the molecule is CC(O)c1ccc(N2CCCC2C(N)=O)cc1O. The molecule has 4 N–H and O–H groups in total. The topological polar surface area (TPSA) is 86.8 Å². The van der Waals surface area contributed by atoms with Crippen LogP contribution in [-0.4, -0.2) is 28.7 Å². The van der Waals surface area contributed by atoms with Crippen LogP contribution in [0.4, 0.5) is 5.69 Å². The Kier molecular flexibility index (Phi) is 3.43. The molecule has 1 aliphatic heterocycles. The molecule has 0 spiro atoms. The second-order valence-electron chi connectivity index (χ2n) is 4.67. The van der Waals surface area contributed by atoms with E-state index < -0.39 is 6.10 Å². The zero-order valence-corrected chi connectivity index (χ0v) is 10.3. The molecule has 0 saturated carbocycles. The number of rotatable bonds is 3. The molecule has 1 heterocycles. The molecule has 2 atom stereocenters. The van der Waals surface area contributed by atoms with Gasteiger partial charge in [-0.2, -0.15) is 0 Å². The van der Waals surface area contributed by atoms with Gasteiger partial charge in [0.1, 0.15) is 11.8 Å². The van der Waals surface area contributed by atoms with Crippen molar-refractivity contribution in [3.63, 3.8) is 0 Å². The lowest BCUT2D eigenvalue weighted by molar-refractivity contribution is -0.119. The third-order valence-corrected chi connectivity index (χ3v) is 3.38. The molecule has 1 aromatic rings. The molecule has 1 amide bonds. The fraction of sp³-hybridized carbons (Fsp3) is 0.462. The molecule has 1 aliphatic rings. The number of aliphatic hydroxyl groups excluding tert-OH is 1. The van der Waals surface area contributed by atoms with E-state index in [0.717, 1.165) is 25.1 Å². The predicted octanol–water partition coefficient (Wildman–Crippen LogP) is 0.900. The summed E-state index contributed by atoms with van der Waals surface area (Å²) in [6.07, 6.45) is 0.936. The number of anilines is 1. The van der Waals surface area contributed by atoms with Crippen molar-refractivity contribution >= 4 is 11.6 Å². The first kappa shape index (κ1) is 12.7. The minimum atomic E-state index is -0.718. The van der Waals surface area contributed by atoms with Crippen molar-refractivity contribution in [2.75, 3.05) is 11.4 Å². The molecule has 5 nitrogen and oxygen atoms in total. The first-order chi connectivity index (χ1) is 8.50. The predicted molar refractivity (Wildman–Crippen MR) is 68.3 cm³/mol. The van der Waals surface area contributed by atoms with Gasteiger partial charge in [0.25, 0.3) is 0 Å². The van der Waals surface area contributed by atoms with Gasteiger partial charge in [0, 0.05) is 23.9 Å². The van der Waals surface area contributed by atoms with Gasteiger partial charge in [-0.3, -0.25) is 4.79 Å². The lowest BCUT2D eigenvalue weighted by Crippen LogP contribution is -2.40. The largest absolute Gasteiger partial charge is 0.507 e. The maximum absolute atomic E-state index is 11.3. The highest BCUT2D eigenvalue weighted by molar-refractivity contribution is 5.84. The summed E-state index contributed by atoms with van der Waals surface area (Å²) in [4.78, 5) is 13.2. The van der Waals surface area contributed by atoms with Gasteiger partial charge in [-0.25, -0.2) is 0 Å². The highest BCUT2D eigenvalue weighted by atomic mass is 16.3. The average molecular weight is 250 g/mol. The van der Waals surface area contributed by atoms with Crippen LogP contribution in [0.1, 0.15) is 31.4 Å². The van der Waals surface area contributed by atoms with Crippen LogP contribution in [0.2, 0.25) is 0 Å². The van der Waals surface area contributed by atoms with E-state index in [1.807, 2.05) is 4.90 Å². The zero-order valence-electron chi connectivity index (χ0n) is 10.3. The summed E-state index contributed by atoms with van der Waals surface area (Å²) in [7, 11) is 0. The molecule has 18 heavy (non-hydrogen) atoms. The summed E-state index contributed by atoms with van der Waals surface area (Å²) in [5.74, 6) is -0.302. The third kappa shape index (κ3) is 2.26. The Morgan fingerprint density at radius 1 is 1.56 bits per heavy atom. The van der Waals surface area contributed by atoms with Crippen LogP contribution in [0.15, 0.2) is 18.2 Å². The minimum Gasteiger partial charge on any atom is -0.507 e. The van der Waals surface area contributed by atoms with Crippen LogP contribution in [0.25, 0.3) is 0 Å². The molecular weight excluding hydrogens is 232 g/mol. The van der Waals surface area contributed by atoms with Crippen LogP contribution in [-0.2, 0) is 4.79 Å². The Morgan fingerprint density at radius 3 is 2.83 bits per heavy atom. The number of hydrogen-bond donors (Lipinski definition) is 3. The molecule has 0 aliphatic carbocycles. The van der Waals surface area contributed by atoms with Crippen LogP contribution < -0.4 is 10.6 Å². The second-order valence-corrected chi connectivity index (χ2v) is 4.67. The summed E-state index contributed by atoms with van der Waals surface area (Å²) < 4.78 is 0. The van der Waals surface area contributed by atoms with Gasteiger partial charge in [-0.15, -0.1) is 0 Å². The number of aliphatic hydroxyl groups is 1. The average Bonchev–Trinajstić information content (AvgIpc) is 2.77. The Morgan fingerprint density at radius 2 is 2.28 bits per heavy atom. The third-order valence-electron chi connectivity index (χ3n) is 3.38. The first-order valence-corrected chi connectivity index (χ1v) is 6.07. The molecule has 5 heteroatoms. The van der Waals surface area contributed by atoms with Gasteiger partial charge in [0.2, 0.25) is 5.91 Å². The summed E-state index contributed by atoms with van der Waals surface area (Å²) in [6.45, 7) is 2.35. The van der Waals surface area contributed by atoms with Crippen molar-refractivity contribution in [1.82, 2.24) is 0 Å². The maximum Gasteiger partial charge on any atom is 0.240 e. The van der Waals surface area contributed by atoms with Crippen LogP contribution in [0.5, 0.6) is 5.75 Å². The number of phenols is 1. The Hall–Kier alpha value is -1.75. The van der Waals surface area contributed by atoms with E-state index in [0.29, 0.717) is 5.56 Å². The molecule has 0 aromatic heterocycles. The van der Waals surface area contributed by atoms with Crippen molar-refractivity contribution in [2.24, 2.45) is 5.73 Å². The van der Waals surface area contributed by atoms with Gasteiger partial charge >= 0.3 is 0 Å². The number of nitrogens with zero attached hydrogens (tertiary/aromatic N) is 1. The van der Waals surface area contributed by atoms with Crippen molar-refractivity contribution < 1.29 is 15.0 Å². The van der Waals surface area contributed by atoms with E-state index in [2.05, 4.69) is 0 Å².